The zero-order valence-corrected chi connectivity index (χ0v) is 28.1. The molecule has 2 aliphatic rings. The summed E-state index contributed by atoms with van der Waals surface area (Å²) < 4.78 is 32.9. The minimum absolute atomic E-state index is 0.127. The van der Waals surface area contributed by atoms with Gasteiger partial charge in [-0.15, -0.1) is 0 Å². The molecule has 0 atom stereocenters. The second-order valence-corrected chi connectivity index (χ2v) is 12.1. The SMILES string of the molecule is C=C(OC)c1cc(Cl)c2cc1-c1nc3c4o[nH]c(=O)c4ccc3n1CCn1c(nc3c(OC)c(C=O)ccc31)-c1ccc(cc1C=O)OCCO2. The number of benzene rings is 4. The molecule has 0 saturated heterocycles. The van der Waals surface area contributed by atoms with Crippen LogP contribution in [0.5, 0.6) is 17.2 Å². The molecule has 3 aromatic heterocycles. The molecule has 0 saturated carbocycles. The van der Waals surface area contributed by atoms with Crippen LogP contribution in [-0.2, 0) is 17.8 Å². The van der Waals surface area contributed by atoms with E-state index in [0.29, 0.717) is 120 Å². The van der Waals surface area contributed by atoms with Crippen LogP contribution in [-0.4, -0.2) is 64.3 Å². The number of rotatable bonds is 5. The number of hydrogen-bond acceptors (Lipinski definition) is 10. The molecule has 0 spiro atoms. The van der Waals surface area contributed by atoms with Crippen molar-refractivity contribution >= 4 is 63.0 Å². The van der Waals surface area contributed by atoms with Gasteiger partial charge in [0.25, 0.3) is 5.56 Å². The third-order valence-corrected chi connectivity index (χ3v) is 9.30. The van der Waals surface area contributed by atoms with Crippen molar-refractivity contribution in [1.82, 2.24) is 24.3 Å². The molecule has 0 radical (unpaired) electrons. The molecule has 256 valence electrons. The first kappa shape index (κ1) is 31.9. The highest BCUT2D eigenvalue weighted by atomic mass is 35.5. The van der Waals surface area contributed by atoms with Gasteiger partial charge in [0.15, 0.2) is 23.9 Å². The molecule has 7 aromatic rings. The Morgan fingerprint density at radius 2 is 1.59 bits per heavy atom. The second kappa shape index (κ2) is 12.5. The van der Waals surface area contributed by atoms with Gasteiger partial charge in [-0.05, 0) is 54.6 Å². The summed E-state index contributed by atoms with van der Waals surface area (Å²) in [5, 5.41) is 3.08. The van der Waals surface area contributed by atoms with Crippen LogP contribution < -0.4 is 19.8 Å². The van der Waals surface area contributed by atoms with E-state index in [1.165, 1.54) is 14.2 Å². The lowest BCUT2D eigenvalue weighted by molar-refractivity contribution is 0.111. The van der Waals surface area contributed by atoms with Gasteiger partial charge in [-0.1, -0.05) is 18.2 Å². The summed E-state index contributed by atoms with van der Waals surface area (Å²) in [5.74, 6) is 2.45. The van der Waals surface area contributed by atoms with E-state index in [2.05, 4.69) is 11.7 Å². The van der Waals surface area contributed by atoms with E-state index in [0.717, 1.165) is 6.29 Å². The van der Waals surface area contributed by atoms with Gasteiger partial charge in [-0.25, -0.2) is 9.97 Å². The Hall–Kier alpha value is -6.34. The second-order valence-electron chi connectivity index (χ2n) is 11.7. The lowest BCUT2D eigenvalue weighted by Gasteiger charge is -2.17. The Labute approximate surface area is 293 Å². The predicted octanol–water partition coefficient (Wildman–Crippen LogP) is 6.53. The van der Waals surface area contributed by atoms with Crippen LogP contribution >= 0.6 is 11.6 Å². The van der Waals surface area contributed by atoms with Crippen molar-refractivity contribution in [2.45, 2.75) is 13.1 Å². The average molecular weight is 706 g/mol. The summed E-state index contributed by atoms with van der Waals surface area (Å²) in [5.41, 5.74) is 4.55. The highest BCUT2D eigenvalue weighted by Crippen LogP contribution is 2.40. The summed E-state index contributed by atoms with van der Waals surface area (Å²) >= 11 is 6.74. The molecule has 5 heterocycles. The van der Waals surface area contributed by atoms with Crippen LogP contribution in [0.15, 0.2) is 70.5 Å². The van der Waals surface area contributed by atoms with Crippen LogP contribution in [0.3, 0.4) is 0 Å². The highest BCUT2D eigenvalue weighted by molar-refractivity contribution is 6.32. The first-order valence-electron chi connectivity index (χ1n) is 15.8. The number of hydrogen-bond donors (Lipinski definition) is 1. The molecule has 1 N–H and O–H groups in total. The van der Waals surface area contributed by atoms with E-state index in [1.54, 1.807) is 48.5 Å². The zero-order valence-electron chi connectivity index (χ0n) is 27.3. The van der Waals surface area contributed by atoms with Crippen LogP contribution in [0.2, 0.25) is 5.02 Å². The van der Waals surface area contributed by atoms with Crippen LogP contribution in [0, 0.1) is 0 Å². The molecule has 9 rings (SSSR count). The molecule has 2 aliphatic heterocycles. The summed E-state index contributed by atoms with van der Waals surface area (Å²) in [6, 6.07) is 15.6. The van der Waals surface area contributed by atoms with Crippen molar-refractivity contribution in [3.05, 3.63) is 93.2 Å². The Balaban J connectivity index is 1.43. The summed E-state index contributed by atoms with van der Waals surface area (Å²) in [7, 11) is 2.99. The Morgan fingerprint density at radius 3 is 2.33 bits per heavy atom. The highest BCUT2D eigenvalue weighted by Gasteiger charge is 2.25. The molecule has 0 unspecified atom stereocenters. The lowest BCUT2D eigenvalue weighted by Crippen LogP contribution is -2.11. The molecule has 0 aliphatic carbocycles. The Morgan fingerprint density at radius 1 is 0.882 bits per heavy atom. The van der Waals surface area contributed by atoms with Gasteiger partial charge < -0.3 is 32.6 Å². The largest absolute Gasteiger partial charge is 0.497 e. The monoisotopic (exact) mass is 705 g/mol. The number of aldehydes is 2. The first-order chi connectivity index (χ1) is 24.8. The molecule has 0 amide bonds. The standard InChI is InChI=1S/C37H28ClN5O8/c1-19(47-2)25-15-27(38)30-16-26(25)36-40-32-29(9-7-24-34(32)51-41-37(24)46)43(36)11-10-42-28-8-4-20(17-44)33(48-3)31(28)39-35(42)23-6-5-22(14-21(23)18-45)49-12-13-50-30/h4-9,14-18H,1,10-13H2,2-3H3,(H,41,46). The maximum Gasteiger partial charge on any atom is 0.287 e. The minimum atomic E-state index is -0.377. The van der Waals surface area contributed by atoms with Crippen molar-refractivity contribution in [3.8, 4) is 40.0 Å². The van der Waals surface area contributed by atoms with Crippen molar-refractivity contribution in [3.63, 3.8) is 0 Å². The normalized spacial score (nSPS) is 12.9. The summed E-state index contributed by atoms with van der Waals surface area (Å²) in [4.78, 5) is 47.0. The van der Waals surface area contributed by atoms with Gasteiger partial charge in [0, 0.05) is 35.3 Å². The third-order valence-electron chi connectivity index (χ3n) is 9.01. The number of ether oxygens (including phenoxy) is 4. The Bertz CT molecular complexity index is 2630. The van der Waals surface area contributed by atoms with Gasteiger partial charge in [-0.2, -0.15) is 5.16 Å². The number of halogens is 1. The molecular formula is C37H28ClN5O8. The predicted molar refractivity (Wildman–Crippen MR) is 190 cm³/mol. The fraction of sp³-hybridized carbons (Fsp3) is 0.162. The Kier molecular flexibility index (Phi) is 7.83. The number of nitrogens with one attached hydrogen (secondary N) is 1. The van der Waals surface area contributed by atoms with Gasteiger partial charge in [0.1, 0.15) is 53.2 Å². The number of fused-ring (bicyclic) bond motifs is 10. The lowest BCUT2D eigenvalue weighted by atomic mass is 10.0. The number of aromatic amines is 1. The number of carbonyl (C=O) groups is 2. The maximum atomic E-state index is 12.6. The van der Waals surface area contributed by atoms with Gasteiger partial charge in [0.2, 0.25) is 0 Å². The number of imidazole rings is 2. The van der Waals surface area contributed by atoms with Gasteiger partial charge in [0.05, 0.1) is 41.2 Å². The first-order valence-corrected chi connectivity index (χ1v) is 16.2. The van der Waals surface area contributed by atoms with E-state index in [1.807, 2.05) is 15.2 Å². The molecule has 51 heavy (non-hydrogen) atoms. The molecular weight excluding hydrogens is 678 g/mol. The summed E-state index contributed by atoms with van der Waals surface area (Å²) in [6.45, 7) is 4.98. The zero-order chi connectivity index (χ0) is 35.4. The van der Waals surface area contributed by atoms with E-state index in [-0.39, 0.29) is 18.8 Å². The number of aryl methyl sites for hydroxylation is 2. The molecule has 0 fully saturated rings. The fourth-order valence-electron chi connectivity index (χ4n) is 6.59. The number of aromatic nitrogens is 5. The number of nitrogens with zero attached hydrogens (tertiary/aromatic N) is 4. The van der Waals surface area contributed by atoms with Gasteiger partial charge >= 0.3 is 0 Å². The van der Waals surface area contributed by atoms with Crippen molar-refractivity contribution < 1.29 is 33.1 Å². The van der Waals surface area contributed by atoms with Crippen molar-refractivity contribution in [2.24, 2.45) is 0 Å². The third kappa shape index (κ3) is 5.12. The molecule has 13 nitrogen and oxygen atoms in total. The van der Waals surface area contributed by atoms with Crippen molar-refractivity contribution in [2.75, 3.05) is 27.4 Å². The summed E-state index contributed by atoms with van der Waals surface area (Å²) in [6.07, 6.45) is 1.46. The van der Waals surface area contributed by atoms with Crippen LogP contribution in [0.4, 0.5) is 0 Å². The van der Waals surface area contributed by atoms with Crippen LogP contribution in [0.1, 0.15) is 26.3 Å². The maximum absolute atomic E-state index is 12.6. The van der Waals surface area contributed by atoms with Gasteiger partial charge in [-0.3, -0.25) is 14.4 Å². The van der Waals surface area contributed by atoms with E-state index >= 15 is 0 Å². The quantitative estimate of drug-likeness (QED) is 0.155. The fourth-order valence-corrected chi connectivity index (χ4v) is 6.81. The van der Waals surface area contributed by atoms with E-state index in [4.69, 9.17) is 45.0 Å². The number of carbonyl (C=O) groups excluding carboxylic acids is 2. The topological polar surface area (TPSA) is 153 Å². The van der Waals surface area contributed by atoms with Crippen LogP contribution in [0.25, 0.3) is 61.6 Å². The van der Waals surface area contributed by atoms with Crippen molar-refractivity contribution in [1.29, 1.82) is 0 Å². The average Bonchev–Trinajstić information content (AvgIpc) is 3.84. The van der Waals surface area contributed by atoms with E-state index < -0.39 is 0 Å². The smallest absolute Gasteiger partial charge is 0.287 e. The number of methoxy groups -OCH3 is 2. The molecule has 4 aromatic carbocycles. The van der Waals surface area contributed by atoms with E-state index in [9.17, 15) is 14.4 Å². The molecule has 14 heteroatoms. The minimum Gasteiger partial charge on any atom is -0.497 e. The number of H-pyrrole nitrogens is 1. The molecule has 4 bridgehead atoms.